The summed E-state index contributed by atoms with van der Waals surface area (Å²) in [6, 6.07) is 5.93. The molecule has 4 nitrogen and oxygen atoms in total. The molecule has 1 aromatic rings. The molecule has 66 valence electrons. The number of benzene rings is 1. The zero-order valence-corrected chi connectivity index (χ0v) is 6.73. The maximum Gasteiger partial charge on any atom is 0.157 e. The molecule has 0 atom stereocenters. The Morgan fingerprint density at radius 1 is 1.38 bits per heavy atom. The topological polar surface area (TPSA) is 90.3 Å². The number of rotatable bonds is 1. The van der Waals surface area contributed by atoms with E-state index in [1.807, 2.05) is 0 Å². The van der Waals surface area contributed by atoms with E-state index in [2.05, 4.69) is 0 Å². The summed E-state index contributed by atoms with van der Waals surface area (Å²) in [5, 5.41) is 26.4. The van der Waals surface area contributed by atoms with Crippen LogP contribution in [0.15, 0.2) is 23.9 Å². The van der Waals surface area contributed by atoms with Crippen LogP contribution in [0.4, 0.5) is 0 Å². The largest absolute Gasteiger partial charge is 0.504 e. The monoisotopic (exact) mass is 176 g/mol. The average Bonchev–Trinajstić information content (AvgIpc) is 2.11. The van der Waals surface area contributed by atoms with Crippen molar-refractivity contribution in [3.63, 3.8) is 0 Å². The van der Waals surface area contributed by atoms with Gasteiger partial charge in [0.1, 0.15) is 11.8 Å². The Kier molecular flexibility index (Phi) is 2.41. The molecule has 0 amide bonds. The summed E-state index contributed by atoms with van der Waals surface area (Å²) in [7, 11) is 0. The molecule has 13 heavy (non-hydrogen) atoms. The third-order valence-electron chi connectivity index (χ3n) is 1.45. The minimum atomic E-state index is -0.237. The van der Waals surface area contributed by atoms with Crippen molar-refractivity contribution >= 4 is 6.08 Å². The highest BCUT2D eigenvalue weighted by Gasteiger charge is 1.98. The lowest BCUT2D eigenvalue weighted by Crippen LogP contribution is -1.91. The van der Waals surface area contributed by atoms with Gasteiger partial charge in [0.25, 0.3) is 0 Å². The number of phenolic OH excluding ortho intramolecular Hbond substituents is 2. The number of aromatic hydroxyl groups is 2. The molecule has 0 aliphatic rings. The minimum absolute atomic E-state index is 0.0464. The van der Waals surface area contributed by atoms with Crippen LogP contribution in [0, 0.1) is 11.3 Å². The number of nitrogens with zero attached hydrogens (tertiary/aromatic N) is 1. The fourth-order valence-electron chi connectivity index (χ4n) is 0.842. The predicted octanol–water partition coefficient (Wildman–Crippen LogP) is 0.921. The Balaban J connectivity index is 3.07. The fourth-order valence-corrected chi connectivity index (χ4v) is 0.842. The zero-order chi connectivity index (χ0) is 9.84. The molecule has 4 heteroatoms. The van der Waals surface area contributed by atoms with Gasteiger partial charge in [-0.15, -0.1) is 0 Å². The molecule has 0 saturated heterocycles. The van der Waals surface area contributed by atoms with Crippen molar-refractivity contribution in [2.75, 3.05) is 0 Å². The number of nitriles is 1. The average molecular weight is 176 g/mol. The number of nitrogens with two attached hydrogens (primary N) is 1. The first kappa shape index (κ1) is 8.94. The molecule has 0 saturated carbocycles. The first-order chi connectivity index (χ1) is 6.13. The van der Waals surface area contributed by atoms with Gasteiger partial charge in [0.15, 0.2) is 11.5 Å². The Hall–Kier alpha value is -2.15. The van der Waals surface area contributed by atoms with E-state index in [1.54, 1.807) is 12.1 Å². The van der Waals surface area contributed by atoms with E-state index in [4.69, 9.17) is 21.2 Å². The number of hydrogen-bond donors (Lipinski definition) is 3. The lowest BCUT2D eigenvalue weighted by Gasteiger charge is -1.98. The van der Waals surface area contributed by atoms with Gasteiger partial charge in [-0.2, -0.15) is 5.26 Å². The van der Waals surface area contributed by atoms with Crippen LogP contribution in [0.3, 0.4) is 0 Å². The van der Waals surface area contributed by atoms with Gasteiger partial charge in [0.05, 0.1) is 0 Å². The molecule has 0 aliphatic carbocycles. The van der Waals surface area contributed by atoms with Gasteiger partial charge in [-0.05, 0) is 23.8 Å². The SMILES string of the molecule is N#CC(N)=Cc1ccc(O)c(O)c1. The fraction of sp³-hybridized carbons (Fsp3) is 0. The summed E-state index contributed by atoms with van der Waals surface area (Å²) in [4.78, 5) is 0. The maximum atomic E-state index is 9.08. The van der Waals surface area contributed by atoms with E-state index in [-0.39, 0.29) is 17.2 Å². The van der Waals surface area contributed by atoms with Crippen LogP contribution in [-0.4, -0.2) is 10.2 Å². The van der Waals surface area contributed by atoms with Crippen molar-refractivity contribution in [3.8, 4) is 17.6 Å². The summed E-state index contributed by atoms with van der Waals surface area (Å²) in [5.41, 5.74) is 5.86. The Morgan fingerprint density at radius 2 is 2.08 bits per heavy atom. The van der Waals surface area contributed by atoms with E-state index >= 15 is 0 Å². The third-order valence-corrected chi connectivity index (χ3v) is 1.45. The number of phenols is 2. The van der Waals surface area contributed by atoms with Gasteiger partial charge in [-0.1, -0.05) is 6.07 Å². The lowest BCUT2D eigenvalue weighted by molar-refractivity contribution is 0.403. The van der Waals surface area contributed by atoms with Gasteiger partial charge >= 0.3 is 0 Å². The summed E-state index contributed by atoms with van der Waals surface area (Å²) in [6.45, 7) is 0. The molecule has 0 fully saturated rings. The Morgan fingerprint density at radius 3 is 2.62 bits per heavy atom. The van der Waals surface area contributed by atoms with Gasteiger partial charge in [0.2, 0.25) is 0 Å². The second-order valence-electron chi connectivity index (χ2n) is 2.46. The molecular weight excluding hydrogens is 168 g/mol. The minimum Gasteiger partial charge on any atom is -0.504 e. The summed E-state index contributed by atoms with van der Waals surface area (Å²) in [6.07, 6.45) is 1.40. The van der Waals surface area contributed by atoms with Crippen LogP contribution in [0.25, 0.3) is 6.08 Å². The van der Waals surface area contributed by atoms with Crippen LogP contribution in [0.2, 0.25) is 0 Å². The van der Waals surface area contributed by atoms with E-state index in [9.17, 15) is 0 Å². The molecule has 0 spiro atoms. The molecule has 0 radical (unpaired) electrons. The van der Waals surface area contributed by atoms with E-state index in [0.717, 1.165) is 0 Å². The summed E-state index contributed by atoms with van der Waals surface area (Å²) >= 11 is 0. The Bertz CT molecular complexity index is 391. The van der Waals surface area contributed by atoms with Gasteiger partial charge < -0.3 is 15.9 Å². The third kappa shape index (κ3) is 2.14. The highest BCUT2D eigenvalue weighted by Crippen LogP contribution is 2.25. The highest BCUT2D eigenvalue weighted by atomic mass is 16.3. The van der Waals surface area contributed by atoms with E-state index in [0.29, 0.717) is 5.56 Å². The molecule has 1 rings (SSSR count). The molecule has 0 heterocycles. The van der Waals surface area contributed by atoms with Crippen molar-refractivity contribution in [1.82, 2.24) is 0 Å². The van der Waals surface area contributed by atoms with Crippen LogP contribution >= 0.6 is 0 Å². The van der Waals surface area contributed by atoms with Crippen LogP contribution in [0.1, 0.15) is 5.56 Å². The number of allylic oxidation sites excluding steroid dienone is 1. The quantitative estimate of drug-likeness (QED) is 0.438. The highest BCUT2D eigenvalue weighted by molar-refractivity contribution is 5.59. The molecule has 4 N–H and O–H groups in total. The van der Waals surface area contributed by atoms with Crippen molar-refractivity contribution in [2.45, 2.75) is 0 Å². The van der Waals surface area contributed by atoms with Gasteiger partial charge in [-0.25, -0.2) is 0 Å². The molecule has 0 aliphatic heterocycles. The summed E-state index contributed by atoms with van der Waals surface area (Å²) in [5.74, 6) is -0.438. The zero-order valence-electron chi connectivity index (χ0n) is 6.73. The van der Waals surface area contributed by atoms with Crippen LogP contribution < -0.4 is 5.73 Å². The van der Waals surface area contributed by atoms with Crippen molar-refractivity contribution in [1.29, 1.82) is 5.26 Å². The summed E-state index contributed by atoms with van der Waals surface area (Å²) < 4.78 is 0. The second-order valence-corrected chi connectivity index (χ2v) is 2.46. The van der Waals surface area contributed by atoms with Crippen molar-refractivity contribution < 1.29 is 10.2 Å². The van der Waals surface area contributed by atoms with Crippen LogP contribution in [0.5, 0.6) is 11.5 Å². The van der Waals surface area contributed by atoms with Crippen LogP contribution in [-0.2, 0) is 0 Å². The van der Waals surface area contributed by atoms with Crippen molar-refractivity contribution in [2.24, 2.45) is 5.73 Å². The smallest absolute Gasteiger partial charge is 0.157 e. The predicted molar refractivity (Wildman–Crippen MR) is 47.5 cm³/mol. The second kappa shape index (κ2) is 3.50. The van der Waals surface area contributed by atoms with Gasteiger partial charge in [-0.3, -0.25) is 0 Å². The first-order valence-corrected chi connectivity index (χ1v) is 3.52. The Labute approximate surface area is 75.2 Å². The molecule has 1 aromatic carbocycles. The van der Waals surface area contributed by atoms with Crippen molar-refractivity contribution in [3.05, 3.63) is 29.5 Å². The molecular formula is C9H8N2O2. The maximum absolute atomic E-state index is 9.08. The number of hydrogen-bond acceptors (Lipinski definition) is 4. The molecule has 0 unspecified atom stereocenters. The standard InChI is InChI=1S/C9H8N2O2/c10-5-7(11)3-6-1-2-8(12)9(13)4-6/h1-4,12-13H,11H2. The van der Waals surface area contributed by atoms with E-state index in [1.165, 1.54) is 18.2 Å². The molecule has 0 bridgehead atoms. The molecule has 0 aromatic heterocycles. The first-order valence-electron chi connectivity index (χ1n) is 3.52. The normalized spacial score (nSPS) is 10.8. The van der Waals surface area contributed by atoms with E-state index < -0.39 is 0 Å². The van der Waals surface area contributed by atoms with Gasteiger partial charge in [0, 0.05) is 0 Å². The lowest BCUT2D eigenvalue weighted by atomic mass is 10.2.